The largest absolute Gasteiger partial charge is 0.340 e. The molecule has 2 fully saturated rings. The molecular formula is C15H20N2O. The van der Waals surface area contributed by atoms with E-state index < -0.39 is 0 Å². The molecule has 1 amide bonds. The van der Waals surface area contributed by atoms with E-state index in [1.807, 2.05) is 23.1 Å². The molecule has 1 saturated carbocycles. The van der Waals surface area contributed by atoms with Crippen molar-refractivity contribution < 1.29 is 4.79 Å². The van der Waals surface area contributed by atoms with E-state index >= 15 is 0 Å². The normalized spacial score (nSPS) is 25.8. The van der Waals surface area contributed by atoms with Crippen molar-refractivity contribution in [2.75, 3.05) is 13.1 Å². The van der Waals surface area contributed by atoms with Crippen LogP contribution < -0.4 is 5.73 Å². The first-order valence-corrected chi connectivity index (χ1v) is 6.83. The van der Waals surface area contributed by atoms with Crippen LogP contribution >= 0.6 is 0 Å². The summed E-state index contributed by atoms with van der Waals surface area (Å²) in [5.74, 6) is 0.299. The average molecular weight is 244 g/mol. The summed E-state index contributed by atoms with van der Waals surface area (Å²) >= 11 is 0. The van der Waals surface area contributed by atoms with Crippen LogP contribution in [0.3, 0.4) is 0 Å². The molecule has 1 saturated heterocycles. The maximum absolute atomic E-state index is 12.8. The standard InChI is InChI=1S/C15H20N2O/c16-13-7-10-17(11-13)14(18)15(8-4-9-15)12-5-2-1-3-6-12/h1-3,5-6,13H,4,7-11,16H2/t13-/m1/s1. The van der Waals surface area contributed by atoms with Gasteiger partial charge in [-0.15, -0.1) is 0 Å². The molecule has 3 heteroatoms. The summed E-state index contributed by atoms with van der Waals surface area (Å²) in [6.07, 6.45) is 4.07. The Bertz CT molecular complexity index is 439. The van der Waals surface area contributed by atoms with E-state index in [0.29, 0.717) is 5.91 Å². The molecule has 0 unspecified atom stereocenters. The first-order chi connectivity index (χ1) is 8.72. The van der Waals surface area contributed by atoms with Crippen LogP contribution in [0, 0.1) is 0 Å². The second kappa shape index (κ2) is 4.39. The third kappa shape index (κ3) is 1.74. The van der Waals surface area contributed by atoms with E-state index in [9.17, 15) is 4.79 Å². The Morgan fingerprint density at radius 3 is 2.50 bits per heavy atom. The van der Waals surface area contributed by atoms with E-state index in [0.717, 1.165) is 38.8 Å². The van der Waals surface area contributed by atoms with Gasteiger partial charge in [0.25, 0.3) is 0 Å². The first kappa shape index (κ1) is 11.7. The van der Waals surface area contributed by atoms with Crippen molar-refractivity contribution in [3.8, 4) is 0 Å². The summed E-state index contributed by atoms with van der Waals surface area (Å²) in [5.41, 5.74) is 6.85. The molecule has 0 spiro atoms. The van der Waals surface area contributed by atoms with Crippen molar-refractivity contribution in [3.63, 3.8) is 0 Å². The van der Waals surface area contributed by atoms with E-state index in [-0.39, 0.29) is 11.5 Å². The lowest BCUT2D eigenvalue weighted by atomic mass is 9.63. The van der Waals surface area contributed by atoms with Gasteiger partial charge in [-0.05, 0) is 24.8 Å². The number of rotatable bonds is 2. The number of hydrogen-bond donors (Lipinski definition) is 1. The maximum Gasteiger partial charge on any atom is 0.233 e. The van der Waals surface area contributed by atoms with Gasteiger partial charge in [-0.25, -0.2) is 0 Å². The van der Waals surface area contributed by atoms with E-state index in [1.165, 1.54) is 5.56 Å². The highest BCUT2D eigenvalue weighted by Gasteiger charge is 2.48. The van der Waals surface area contributed by atoms with Crippen LogP contribution in [0.4, 0.5) is 0 Å². The lowest BCUT2D eigenvalue weighted by Gasteiger charge is -2.43. The maximum atomic E-state index is 12.8. The number of carbonyl (C=O) groups is 1. The minimum Gasteiger partial charge on any atom is -0.340 e. The second-order valence-electron chi connectivity index (χ2n) is 5.60. The number of amides is 1. The Kier molecular flexibility index (Phi) is 2.86. The van der Waals surface area contributed by atoms with Gasteiger partial charge in [0, 0.05) is 19.1 Å². The predicted molar refractivity (Wildman–Crippen MR) is 71.1 cm³/mol. The molecule has 1 aliphatic heterocycles. The third-order valence-corrected chi connectivity index (χ3v) is 4.45. The minimum absolute atomic E-state index is 0.168. The number of carbonyl (C=O) groups excluding carboxylic acids is 1. The number of hydrogen-bond acceptors (Lipinski definition) is 2. The molecular weight excluding hydrogens is 224 g/mol. The summed E-state index contributed by atoms with van der Waals surface area (Å²) in [6.45, 7) is 1.56. The number of nitrogens with two attached hydrogens (primary N) is 1. The van der Waals surface area contributed by atoms with Crippen LogP contribution in [0.1, 0.15) is 31.2 Å². The number of benzene rings is 1. The summed E-state index contributed by atoms with van der Waals surface area (Å²) < 4.78 is 0. The van der Waals surface area contributed by atoms with Gasteiger partial charge in [0.15, 0.2) is 0 Å². The van der Waals surface area contributed by atoms with Gasteiger partial charge in [-0.3, -0.25) is 4.79 Å². The Hall–Kier alpha value is -1.35. The zero-order valence-electron chi connectivity index (χ0n) is 10.6. The van der Waals surface area contributed by atoms with Crippen LogP contribution in [0.15, 0.2) is 30.3 Å². The quantitative estimate of drug-likeness (QED) is 0.860. The fraction of sp³-hybridized carbons (Fsp3) is 0.533. The zero-order valence-corrected chi connectivity index (χ0v) is 10.6. The van der Waals surface area contributed by atoms with Crippen molar-refractivity contribution in [2.24, 2.45) is 5.73 Å². The molecule has 0 radical (unpaired) electrons. The first-order valence-electron chi connectivity index (χ1n) is 6.83. The molecule has 3 rings (SSSR count). The highest BCUT2D eigenvalue weighted by molar-refractivity contribution is 5.89. The van der Waals surface area contributed by atoms with Crippen LogP contribution in [-0.2, 0) is 10.2 Å². The van der Waals surface area contributed by atoms with Gasteiger partial charge in [-0.2, -0.15) is 0 Å². The highest BCUT2D eigenvalue weighted by Crippen LogP contribution is 2.45. The minimum atomic E-state index is -0.245. The van der Waals surface area contributed by atoms with Gasteiger partial charge in [0.2, 0.25) is 5.91 Å². The van der Waals surface area contributed by atoms with Crippen molar-refractivity contribution in [1.82, 2.24) is 4.90 Å². The average Bonchev–Trinajstić information content (AvgIpc) is 2.76. The highest BCUT2D eigenvalue weighted by atomic mass is 16.2. The van der Waals surface area contributed by atoms with Gasteiger partial charge >= 0.3 is 0 Å². The van der Waals surface area contributed by atoms with Gasteiger partial charge < -0.3 is 10.6 Å². The topological polar surface area (TPSA) is 46.3 Å². The molecule has 1 aromatic rings. The van der Waals surface area contributed by atoms with Crippen molar-refractivity contribution in [1.29, 1.82) is 0 Å². The van der Waals surface area contributed by atoms with Crippen molar-refractivity contribution in [2.45, 2.75) is 37.1 Å². The van der Waals surface area contributed by atoms with E-state index in [2.05, 4.69) is 12.1 Å². The Balaban J connectivity index is 1.86. The molecule has 18 heavy (non-hydrogen) atoms. The Morgan fingerprint density at radius 2 is 2.00 bits per heavy atom. The fourth-order valence-electron chi connectivity index (χ4n) is 3.19. The second-order valence-corrected chi connectivity index (χ2v) is 5.60. The van der Waals surface area contributed by atoms with E-state index in [1.54, 1.807) is 0 Å². The number of nitrogens with zero attached hydrogens (tertiary/aromatic N) is 1. The molecule has 1 aliphatic carbocycles. The van der Waals surface area contributed by atoms with Crippen molar-refractivity contribution >= 4 is 5.91 Å². The smallest absolute Gasteiger partial charge is 0.233 e. The van der Waals surface area contributed by atoms with Crippen LogP contribution in [0.5, 0.6) is 0 Å². The fourth-order valence-corrected chi connectivity index (χ4v) is 3.19. The lowest BCUT2D eigenvalue weighted by Crippen LogP contribution is -2.50. The molecule has 2 aliphatic rings. The SMILES string of the molecule is N[C@@H]1CCN(C(=O)C2(c3ccccc3)CCC2)C1. The molecule has 1 aromatic carbocycles. The molecule has 2 N–H and O–H groups in total. The molecule has 96 valence electrons. The summed E-state index contributed by atoms with van der Waals surface area (Å²) in [4.78, 5) is 14.7. The van der Waals surface area contributed by atoms with Gasteiger partial charge in [0.1, 0.15) is 0 Å². The van der Waals surface area contributed by atoms with Crippen molar-refractivity contribution in [3.05, 3.63) is 35.9 Å². The third-order valence-electron chi connectivity index (χ3n) is 4.45. The van der Waals surface area contributed by atoms with Gasteiger partial charge in [0.05, 0.1) is 5.41 Å². The number of likely N-dealkylation sites (tertiary alicyclic amines) is 1. The van der Waals surface area contributed by atoms with Crippen LogP contribution in [0.25, 0.3) is 0 Å². The Labute approximate surface area is 108 Å². The molecule has 3 nitrogen and oxygen atoms in total. The monoisotopic (exact) mass is 244 g/mol. The van der Waals surface area contributed by atoms with Crippen LogP contribution in [-0.4, -0.2) is 29.9 Å². The molecule has 1 atom stereocenters. The molecule has 0 aromatic heterocycles. The van der Waals surface area contributed by atoms with Gasteiger partial charge in [-0.1, -0.05) is 36.8 Å². The lowest BCUT2D eigenvalue weighted by molar-refractivity contribution is -0.139. The Morgan fingerprint density at radius 1 is 1.28 bits per heavy atom. The van der Waals surface area contributed by atoms with E-state index in [4.69, 9.17) is 5.73 Å². The zero-order chi connectivity index (χ0) is 12.6. The van der Waals surface area contributed by atoms with Crippen LogP contribution in [0.2, 0.25) is 0 Å². The summed E-state index contributed by atoms with van der Waals surface area (Å²) in [6, 6.07) is 10.4. The predicted octanol–water partition coefficient (Wildman–Crippen LogP) is 1.67. The summed E-state index contributed by atoms with van der Waals surface area (Å²) in [7, 11) is 0. The molecule has 0 bridgehead atoms. The molecule has 1 heterocycles. The summed E-state index contributed by atoms with van der Waals surface area (Å²) in [5, 5.41) is 0.